The Bertz CT molecular complexity index is 1340. The molecule has 2 atom stereocenters. The number of hydrogen-bond donors (Lipinski definition) is 2. The first-order valence-corrected chi connectivity index (χ1v) is 11.7. The number of primary amides is 1. The second-order valence-corrected chi connectivity index (χ2v) is 9.24. The summed E-state index contributed by atoms with van der Waals surface area (Å²) >= 11 is 0. The third kappa shape index (κ3) is 3.99. The van der Waals surface area contributed by atoms with Crippen LogP contribution in [-0.4, -0.2) is 40.0 Å². The van der Waals surface area contributed by atoms with Crippen molar-refractivity contribution in [2.75, 3.05) is 18.0 Å². The van der Waals surface area contributed by atoms with Crippen molar-refractivity contribution in [2.45, 2.75) is 19.0 Å². The van der Waals surface area contributed by atoms with Crippen molar-refractivity contribution in [1.82, 2.24) is 20.3 Å². The highest BCUT2D eigenvalue weighted by Gasteiger charge is 2.55. The summed E-state index contributed by atoms with van der Waals surface area (Å²) in [5.74, 6) is 1.36. The summed E-state index contributed by atoms with van der Waals surface area (Å²) in [5, 5.41) is 6.28. The molecule has 1 saturated heterocycles. The molecule has 2 aromatic carbocycles. The second kappa shape index (κ2) is 8.50. The highest BCUT2D eigenvalue weighted by molar-refractivity contribution is 5.92. The third-order valence-corrected chi connectivity index (χ3v) is 7.10. The maximum atomic E-state index is 11.2. The van der Waals surface area contributed by atoms with Gasteiger partial charge in [-0.2, -0.15) is 0 Å². The molecule has 1 aliphatic carbocycles. The van der Waals surface area contributed by atoms with Crippen LogP contribution in [0.5, 0.6) is 0 Å². The zero-order chi connectivity index (χ0) is 23.1. The lowest BCUT2D eigenvalue weighted by Gasteiger charge is -2.20. The van der Waals surface area contributed by atoms with E-state index in [0.29, 0.717) is 29.4 Å². The number of anilines is 1. The van der Waals surface area contributed by atoms with Gasteiger partial charge in [-0.15, -0.1) is 0 Å². The number of carbonyl (C=O) groups excluding carboxylic acids is 1. The molecule has 4 aromatic rings. The fourth-order valence-electron chi connectivity index (χ4n) is 5.17. The average molecular weight is 451 g/mol. The van der Waals surface area contributed by atoms with Crippen molar-refractivity contribution in [1.29, 1.82) is 0 Å². The minimum Gasteiger partial charge on any atom is -0.366 e. The first-order valence-electron chi connectivity index (χ1n) is 11.7. The number of carbonyl (C=O) groups is 1. The van der Waals surface area contributed by atoms with E-state index >= 15 is 0 Å². The molecule has 7 nitrogen and oxygen atoms in total. The average Bonchev–Trinajstić information content (AvgIpc) is 3.31. The number of hydrogen-bond acceptors (Lipinski definition) is 6. The number of pyridine rings is 1. The van der Waals surface area contributed by atoms with Gasteiger partial charge in [0.05, 0.1) is 5.56 Å². The van der Waals surface area contributed by atoms with Gasteiger partial charge < -0.3 is 16.0 Å². The van der Waals surface area contributed by atoms with Crippen LogP contribution in [0.2, 0.25) is 0 Å². The predicted molar refractivity (Wildman–Crippen MR) is 131 cm³/mol. The van der Waals surface area contributed by atoms with E-state index in [1.54, 1.807) is 0 Å². The van der Waals surface area contributed by atoms with Gasteiger partial charge in [0.2, 0.25) is 5.95 Å². The maximum Gasteiger partial charge on any atom is 0.251 e. The van der Waals surface area contributed by atoms with E-state index in [1.165, 1.54) is 34.3 Å². The van der Waals surface area contributed by atoms with Crippen LogP contribution in [0, 0.1) is 11.8 Å². The molecule has 6 rings (SSSR count). The van der Waals surface area contributed by atoms with E-state index in [-0.39, 0.29) is 0 Å². The minimum absolute atomic E-state index is 0.337. The first kappa shape index (κ1) is 20.7. The SMILES string of the molecule is NC(=O)c1cnc(N2CC3C(C2)C3NCc2cccnc2Cc2ccc3ccccc3c2)nc1. The topological polar surface area (TPSA) is 97.0 Å². The van der Waals surface area contributed by atoms with E-state index in [9.17, 15) is 4.79 Å². The molecule has 0 bridgehead atoms. The van der Waals surface area contributed by atoms with Gasteiger partial charge in [0.15, 0.2) is 0 Å². The third-order valence-electron chi connectivity index (χ3n) is 7.10. The lowest BCUT2D eigenvalue weighted by atomic mass is 10.0. The van der Waals surface area contributed by atoms with Gasteiger partial charge in [-0.1, -0.05) is 48.5 Å². The molecular formula is C27H26N6O. The number of nitrogens with zero attached hydrogens (tertiary/aromatic N) is 4. The first-order chi connectivity index (χ1) is 16.7. The zero-order valence-electron chi connectivity index (χ0n) is 18.8. The summed E-state index contributed by atoms with van der Waals surface area (Å²) in [6.45, 7) is 2.67. The molecule has 34 heavy (non-hydrogen) atoms. The predicted octanol–water partition coefficient (Wildman–Crippen LogP) is 2.94. The number of nitrogens with two attached hydrogens (primary N) is 1. The molecule has 0 radical (unpaired) electrons. The van der Waals surface area contributed by atoms with Crippen molar-refractivity contribution in [3.63, 3.8) is 0 Å². The summed E-state index contributed by atoms with van der Waals surface area (Å²) in [6, 6.07) is 19.8. The molecular weight excluding hydrogens is 424 g/mol. The Morgan fingerprint density at radius 1 is 0.971 bits per heavy atom. The summed E-state index contributed by atoms with van der Waals surface area (Å²) in [6.07, 6.45) is 5.72. The Labute approximate surface area is 198 Å². The molecule has 1 saturated carbocycles. The van der Waals surface area contributed by atoms with Crippen LogP contribution in [0.3, 0.4) is 0 Å². The van der Waals surface area contributed by atoms with E-state index in [2.05, 4.69) is 68.7 Å². The van der Waals surface area contributed by atoms with Crippen molar-refractivity contribution in [3.8, 4) is 0 Å². The van der Waals surface area contributed by atoms with E-state index < -0.39 is 5.91 Å². The largest absolute Gasteiger partial charge is 0.366 e. The summed E-state index contributed by atoms with van der Waals surface area (Å²) < 4.78 is 0. The van der Waals surface area contributed by atoms with Crippen LogP contribution in [0.1, 0.15) is 27.2 Å². The number of aromatic nitrogens is 3. The highest BCUT2D eigenvalue weighted by atomic mass is 16.1. The van der Waals surface area contributed by atoms with Crippen LogP contribution in [-0.2, 0) is 13.0 Å². The molecule has 2 aliphatic rings. The summed E-state index contributed by atoms with van der Waals surface area (Å²) in [7, 11) is 0. The Morgan fingerprint density at radius 2 is 1.74 bits per heavy atom. The van der Waals surface area contributed by atoms with Crippen molar-refractivity contribution < 1.29 is 4.79 Å². The molecule has 3 N–H and O–H groups in total. The number of nitrogens with one attached hydrogen (secondary N) is 1. The monoisotopic (exact) mass is 450 g/mol. The van der Waals surface area contributed by atoms with Crippen molar-refractivity contribution in [2.24, 2.45) is 17.6 Å². The molecule has 7 heteroatoms. The van der Waals surface area contributed by atoms with Gasteiger partial charge in [0, 0.05) is 56.4 Å². The second-order valence-electron chi connectivity index (χ2n) is 9.24. The summed E-state index contributed by atoms with van der Waals surface area (Å²) in [5.41, 5.74) is 9.27. The standard InChI is InChI=1S/C27H26N6O/c28-26(34)21-13-31-27(32-14-21)33-15-22-23(16-33)25(22)30-12-20-6-3-9-29-24(20)11-17-7-8-18-4-1-2-5-19(18)10-17/h1-10,13-14,22-23,25,30H,11-12,15-16H2,(H2,28,34). The van der Waals surface area contributed by atoms with Gasteiger partial charge in [0.25, 0.3) is 5.91 Å². The zero-order valence-corrected chi connectivity index (χ0v) is 18.8. The molecule has 170 valence electrons. The quantitative estimate of drug-likeness (QED) is 0.449. The molecule has 2 aromatic heterocycles. The molecule has 0 spiro atoms. The fourth-order valence-corrected chi connectivity index (χ4v) is 5.17. The normalized spacial score (nSPS) is 20.9. The highest BCUT2D eigenvalue weighted by Crippen LogP contribution is 2.46. The van der Waals surface area contributed by atoms with Crippen LogP contribution in [0.25, 0.3) is 10.8 Å². The lowest BCUT2D eigenvalue weighted by molar-refractivity contribution is 0.0999. The van der Waals surface area contributed by atoms with Gasteiger partial charge in [-0.3, -0.25) is 9.78 Å². The minimum atomic E-state index is -0.504. The van der Waals surface area contributed by atoms with Crippen molar-refractivity contribution >= 4 is 22.6 Å². The number of rotatable bonds is 7. The Kier molecular flexibility index (Phi) is 5.19. The molecule has 2 fully saturated rings. The van der Waals surface area contributed by atoms with Gasteiger partial charge in [0.1, 0.15) is 0 Å². The van der Waals surface area contributed by atoms with E-state index in [1.807, 2.05) is 12.3 Å². The van der Waals surface area contributed by atoms with E-state index in [4.69, 9.17) is 10.7 Å². The summed E-state index contributed by atoms with van der Waals surface area (Å²) in [4.78, 5) is 26.7. The lowest BCUT2D eigenvalue weighted by Crippen LogP contribution is -2.32. The Hall–Kier alpha value is -3.84. The van der Waals surface area contributed by atoms with Crippen LogP contribution in [0.4, 0.5) is 5.95 Å². The van der Waals surface area contributed by atoms with Gasteiger partial charge in [-0.25, -0.2) is 9.97 Å². The number of benzene rings is 2. The molecule has 3 heterocycles. The molecule has 1 amide bonds. The van der Waals surface area contributed by atoms with Gasteiger partial charge in [-0.05, 0) is 39.8 Å². The fraction of sp³-hybridized carbons (Fsp3) is 0.259. The van der Waals surface area contributed by atoms with Crippen LogP contribution >= 0.6 is 0 Å². The molecule has 2 unspecified atom stereocenters. The van der Waals surface area contributed by atoms with Crippen LogP contribution in [0.15, 0.2) is 73.2 Å². The number of amides is 1. The number of piperidine rings is 1. The number of fused-ring (bicyclic) bond motifs is 2. The van der Waals surface area contributed by atoms with E-state index in [0.717, 1.165) is 31.7 Å². The Morgan fingerprint density at radius 3 is 2.50 bits per heavy atom. The van der Waals surface area contributed by atoms with Crippen LogP contribution < -0.4 is 16.0 Å². The Balaban J connectivity index is 1.07. The van der Waals surface area contributed by atoms with Gasteiger partial charge >= 0.3 is 0 Å². The maximum absolute atomic E-state index is 11.2. The smallest absolute Gasteiger partial charge is 0.251 e. The molecule has 1 aliphatic heterocycles. The van der Waals surface area contributed by atoms with Crippen molar-refractivity contribution in [3.05, 3.63) is 95.6 Å².